The number of likely N-dealkylation sites (tertiary alicyclic amines) is 1. The van der Waals surface area contributed by atoms with Crippen LogP contribution in [0.15, 0.2) is 65.4 Å². The molecule has 2 unspecified atom stereocenters. The summed E-state index contributed by atoms with van der Waals surface area (Å²) in [6, 6.07) is 15.2. The molecule has 0 N–H and O–H groups in total. The number of aromatic nitrogens is 4. The number of para-hydroxylation sites is 1. The van der Waals surface area contributed by atoms with Gasteiger partial charge >= 0.3 is 0 Å². The number of hydrogen-bond donors (Lipinski definition) is 0. The molecule has 7 heteroatoms. The first-order valence-electron chi connectivity index (χ1n) is 9.58. The van der Waals surface area contributed by atoms with E-state index in [0.29, 0.717) is 30.5 Å². The number of rotatable bonds is 3. The molecule has 5 rings (SSSR count). The number of hydrogen-bond acceptors (Lipinski definition) is 6. The van der Waals surface area contributed by atoms with Gasteiger partial charge in [0.25, 0.3) is 5.91 Å². The lowest BCUT2D eigenvalue weighted by Gasteiger charge is -2.15. The first kappa shape index (κ1) is 17.5. The first-order chi connectivity index (χ1) is 14.2. The highest BCUT2D eigenvalue weighted by atomic mass is 16.5. The van der Waals surface area contributed by atoms with Crippen LogP contribution < -0.4 is 0 Å². The van der Waals surface area contributed by atoms with Gasteiger partial charge in [0.15, 0.2) is 0 Å². The summed E-state index contributed by atoms with van der Waals surface area (Å²) < 4.78 is 5.53. The van der Waals surface area contributed by atoms with Crippen LogP contribution in [0.2, 0.25) is 0 Å². The van der Waals surface area contributed by atoms with Crippen LogP contribution >= 0.6 is 0 Å². The van der Waals surface area contributed by atoms with Crippen LogP contribution in [0.1, 0.15) is 29.2 Å². The van der Waals surface area contributed by atoms with Gasteiger partial charge in [-0.05, 0) is 30.2 Å². The zero-order valence-electron chi connectivity index (χ0n) is 15.9. The zero-order valence-corrected chi connectivity index (χ0v) is 15.9. The van der Waals surface area contributed by atoms with E-state index in [-0.39, 0.29) is 17.7 Å². The van der Waals surface area contributed by atoms with E-state index in [2.05, 4.69) is 27.0 Å². The Balaban J connectivity index is 1.36. The summed E-state index contributed by atoms with van der Waals surface area (Å²) in [6.45, 7) is 3.26. The summed E-state index contributed by atoms with van der Waals surface area (Å²) in [7, 11) is 0. The molecule has 144 valence electrons. The van der Waals surface area contributed by atoms with Crippen molar-refractivity contribution in [3.8, 4) is 11.4 Å². The second-order valence-corrected chi connectivity index (χ2v) is 7.38. The van der Waals surface area contributed by atoms with E-state index < -0.39 is 0 Å². The Morgan fingerprint density at radius 1 is 1.03 bits per heavy atom. The number of amides is 1. The van der Waals surface area contributed by atoms with Gasteiger partial charge in [0, 0.05) is 36.4 Å². The Morgan fingerprint density at radius 3 is 2.72 bits per heavy atom. The number of benzene rings is 1. The molecule has 7 nitrogen and oxygen atoms in total. The highest BCUT2D eigenvalue weighted by molar-refractivity contribution is 5.95. The Kier molecular flexibility index (Phi) is 4.27. The first-order valence-corrected chi connectivity index (χ1v) is 9.58. The molecule has 0 bridgehead atoms. The summed E-state index contributed by atoms with van der Waals surface area (Å²) >= 11 is 0. The van der Waals surface area contributed by atoms with Gasteiger partial charge in [0.2, 0.25) is 11.7 Å². The van der Waals surface area contributed by atoms with Crippen LogP contribution in [0.4, 0.5) is 0 Å². The Morgan fingerprint density at radius 2 is 1.86 bits per heavy atom. The lowest BCUT2D eigenvalue weighted by atomic mass is 9.98. The summed E-state index contributed by atoms with van der Waals surface area (Å²) in [6.07, 6.45) is 3.39. The SMILES string of the molecule is CC1CN(C(=O)c2ccc3ccccc3n2)CC1c1nc(-c2ccncc2)no1. The third-order valence-corrected chi connectivity index (χ3v) is 5.41. The predicted molar refractivity (Wildman–Crippen MR) is 107 cm³/mol. The smallest absolute Gasteiger partial charge is 0.272 e. The monoisotopic (exact) mass is 385 g/mol. The van der Waals surface area contributed by atoms with Crippen LogP contribution in [0, 0.1) is 5.92 Å². The van der Waals surface area contributed by atoms with Crippen molar-refractivity contribution in [3.63, 3.8) is 0 Å². The van der Waals surface area contributed by atoms with Crippen LogP contribution in [0.5, 0.6) is 0 Å². The highest BCUT2D eigenvalue weighted by Gasteiger charge is 2.37. The number of carbonyl (C=O) groups excluding carboxylic acids is 1. The minimum atomic E-state index is -0.0704. The van der Waals surface area contributed by atoms with E-state index >= 15 is 0 Å². The summed E-state index contributed by atoms with van der Waals surface area (Å²) in [4.78, 5) is 28.0. The molecular formula is C22H19N5O2. The third kappa shape index (κ3) is 3.24. The number of carbonyl (C=O) groups is 1. The minimum Gasteiger partial charge on any atom is -0.339 e. The van der Waals surface area contributed by atoms with Crippen LogP contribution in [-0.2, 0) is 0 Å². The molecule has 29 heavy (non-hydrogen) atoms. The van der Waals surface area contributed by atoms with Gasteiger partial charge < -0.3 is 9.42 Å². The van der Waals surface area contributed by atoms with Crippen molar-refractivity contribution in [2.24, 2.45) is 5.92 Å². The fourth-order valence-electron chi connectivity index (χ4n) is 3.81. The van der Waals surface area contributed by atoms with Crippen molar-refractivity contribution in [2.45, 2.75) is 12.8 Å². The van der Waals surface area contributed by atoms with Crippen molar-refractivity contribution in [2.75, 3.05) is 13.1 Å². The molecule has 1 aliphatic heterocycles. The molecule has 1 amide bonds. The lowest BCUT2D eigenvalue weighted by molar-refractivity contribution is 0.0780. The van der Waals surface area contributed by atoms with E-state index in [1.165, 1.54) is 0 Å². The quantitative estimate of drug-likeness (QED) is 0.536. The fourth-order valence-corrected chi connectivity index (χ4v) is 3.81. The second-order valence-electron chi connectivity index (χ2n) is 7.38. The maximum absolute atomic E-state index is 13.0. The fraction of sp³-hybridized carbons (Fsp3) is 0.227. The molecule has 3 aromatic heterocycles. The molecule has 1 aliphatic rings. The Bertz CT molecular complexity index is 1170. The van der Waals surface area contributed by atoms with Crippen LogP contribution in [-0.4, -0.2) is 44.0 Å². The van der Waals surface area contributed by atoms with Gasteiger partial charge in [-0.15, -0.1) is 0 Å². The van der Waals surface area contributed by atoms with Gasteiger partial charge in [0.1, 0.15) is 5.69 Å². The average molecular weight is 385 g/mol. The summed E-state index contributed by atoms with van der Waals surface area (Å²) in [5, 5.41) is 5.12. The molecule has 4 heterocycles. The van der Waals surface area contributed by atoms with Crippen LogP contribution in [0.3, 0.4) is 0 Å². The molecule has 2 atom stereocenters. The topological polar surface area (TPSA) is 85.0 Å². The third-order valence-electron chi connectivity index (χ3n) is 5.41. The van der Waals surface area contributed by atoms with Gasteiger partial charge in [-0.25, -0.2) is 4.98 Å². The minimum absolute atomic E-state index is 0.00231. The molecule has 0 saturated carbocycles. The van der Waals surface area contributed by atoms with E-state index in [9.17, 15) is 4.79 Å². The maximum atomic E-state index is 13.0. The maximum Gasteiger partial charge on any atom is 0.272 e. The summed E-state index contributed by atoms with van der Waals surface area (Å²) in [5.41, 5.74) is 2.13. The van der Waals surface area contributed by atoms with Crippen molar-refractivity contribution < 1.29 is 9.32 Å². The molecule has 4 aromatic rings. The van der Waals surface area contributed by atoms with E-state index in [0.717, 1.165) is 16.5 Å². The number of nitrogens with zero attached hydrogens (tertiary/aromatic N) is 5. The lowest BCUT2D eigenvalue weighted by Crippen LogP contribution is -2.29. The molecule has 1 saturated heterocycles. The Hall–Kier alpha value is -3.61. The van der Waals surface area contributed by atoms with Crippen molar-refractivity contribution in [1.82, 2.24) is 25.0 Å². The molecular weight excluding hydrogens is 366 g/mol. The number of fused-ring (bicyclic) bond motifs is 1. The Labute approximate surface area is 167 Å². The van der Waals surface area contributed by atoms with E-state index in [1.807, 2.05) is 47.4 Å². The van der Waals surface area contributed by atoms with Crippen molar-refractivity contribution >= 4 is 16.8 Å². The standard InChI is InChI=1S/C22H19N5O2/c1-14-12-27(22(28)19-7-6-15-4-2-3-5-18(15)24-19)13-17(14)21-25-20(26-29-21)16-8-10-23-11-9-16/h2-11,14,17H,12-13H2,1H3. The zero-order chi connectivity index (χ0) is 19.8. The molecule has 0 radical (unpaired) electrons. The normalized spacial score (nSPS) is 19.0. The molecule has 1 aromatic carbocycles. The van der Waals surface area contributed by atoms with Gasteiger partial charge in [0.05, 0.1) is 11.4 Å². The van der Waals surface area contributed by atoms with Crippen molar-refractivity contribution in [1.29, 1.82) is 0 Å². The number of pyridine rings is 2. The van der Waals surface area contributed by atoms with Gasteiger partial charge in [-0.1, -0.05) is 36.3 Å². The molecule has 0 aliphatic carbocycles. The van der Waals surface area contributed by atoms with Gasteiger partial charge in [-0.3, -0.25) is 9.78 Å². The largest absolute Gasteiger partial charge is 0.339 e. The van der Waals surface area contributed by atoms with Crippen LogP contribution in [0.25, 0.3) is 22.3 Å². The highest BCUT2D eigenvalue weighted by Crippen LogP contribution is 2.33. The average Bonchev–Trinajstić information content (AvgIpc) is 3.40. The van der Waals surface area contributed by atoms with Crippen molar-refractivity contribution in [3.05, 3.63) is 72.5 Å². The van der Waals surface area contributed by atoms with E-state index in [4.69, 9.17) is 4.52 Å². The summed E-state index contributed by atoms with van der Waals surface area (Å²) in [5.74, 6) is 1.24. The second kappa shape index (κ2) is 7.09. The molecule has 1 fully saturated rings. The molecule has 0 spiro atoms. The van der Waals surface area contributed by atoms with Gasteiger partial charge in [-0.2, -0.15) is 4.98 Å². The van der Waals surface area contributed by atoms with E-state index in [1.54, 1.807) is 18.5 Å². The predicted octanol–water partition coefficient (Wildman–Crippen LogP) is 3.56.